The Morgan fingerprint density at radius 3 is 2.00 bits per heavy atom. The van der Waals surface area contributed by atoms with Crippen LogP contribution >= 0.6 is 0 Å². The van der Waals surface area contributed by atoms with Gasteiger partial charge < -0.3 is 15.3 Å². The van der Waals surface area contributed by atoms with Gasteiger partial charge in [0, 0.05) is 14.1 Å². The molecule has 0 aliphatic heterocycles. The van der Waals surface area contributed by atoms with Crippen LogP contribution in [0.15, 0.2) is 0 Å². The number of rotatable bonds is 3. The van der Waals surface area contributed by atoms with Crippen LogP contribution in [0.3, 0.4) is 0 Å². The topological polar surface area (TPSA) is 69.6 Å². The van der Waals surface area contributed by atoms with Crippen LogP contribution in [0.1, 0.15) is 13.8 Å². The summed E-state index contributed by atoms with van der Waals surface area (Å²) in [5.41, 5.74) is 0. The van der Waals surface area contributed by atoms with Gasteiger partial charge in [0.25, 0.3) is 0 Å². The van der Waals surface area contributed by atoms with E-state index in [0.717, 1.165) is 0 Å². The molecule has 0 saturated carbocycles. The standard InChI is InChI=1S/C8H16N2O3/c1-5(2)6(7(11)12)9-8(13)10(3)4/h5-6H,1-4H3,(H,9,13)(H,11,12)/t6-/m1/s1. The van der Waals surface area contributed by atoms with Gasteiger partial charge >= 0.3 is 12.0 Å². The second kappa shape index (κ2) is 4.69. The van der Waals surface area contributed by atoms with E-state index in [1.807, 2.05) is 0 Å². The van der Waals surface area contributed by atoms with Gasteiger partial charge in [0.2, 0.25) is 0 Å². The number of hydrogen-bond donors (Lipinski definition) is 2. The summed E-state index contributed by atoms with van der Waals surface area (Å²) in [6.07, 6.45) is 0. The molecular weight excluding hydrogens is 172 g/mol. The Morgan fingerprint density at radius 2 is 1.77 bits per heavy atom. The van der Waals surface area contributed by atoms with Crippen molar-refractivity contribution in [1.29, 1.82) is 0 Å². The van der Waals surface area contributed by atoms with E-state index in [4.69, 9.17) is 5.11 Å². The maximum absolute atomic E-state index is 11.1. The lowest BCUT2D eigenvalue weighted by molar-refractivity contribution is -0.140. The molecule has 0 bridgehead atoms. The monoisotopic (exact) mass is 188 g/mol. The number of carboxylic acid groups (broad SMARTS) is 1. The van der Waals surface area contributed by atoms with Crippen molar-refractivity contribution in [2.75, 3.05) is 14.1 Å². The Balaban J connectivity index is 4.27. The molecule has 0 unspecified atom stereocenters. The first-order valence-electron chi connectivity index (χ1n) is 4.07. The van der Waals surface area contributed by atoms with E-state index < -0.39 is 12.0 Å². The van der Waals surface area contributed by atoms with Gasteiger partial charge in [-0.25, -0.2) is 9.59 Å². The average Bonchev–Trinajstić information content (AvgIpc) is 1.97. The van der Waals surface area contributed by atoms with Crippen molar-refractivity contribution in [3.8, 4) is 0 Å². The van der Waals surface area contributed by atoms with Gasteiger partial charge in [-0.2, -0.15) is 0 Å². The summed E-state index contributed by atoms with van der Waals surface area (Å²) in [5.74, 6) is -1.13. The van der Waals surface area contributed by atoms with Crippen molar-refractivity contribution in [1.82, 2.24) is 10.2 Å². The fourth-order valence-corrected chi connectivity index (χ4v) is 0.776. The molecular formula is C8H16N2O3. The molecule has 0 aromatic rings. The Kier molecular flexibility index (Phi) is 4.23. The molecule has 0 heterocycles. The number of nitrogens with zero attached hydrogens (tertiary/aromatic N) is 1. The first-order valence-corrected chi connectivity index (χ1v) is 4.07. The quantitative estimate of drug-likeness (QED) is 0.672. The maximum atomic E-state index is 11.1. The minimum Gasteiger partial charge on any atom is -0.480 e. The van der Waals surface area contributed by atoms with E-state index in [1.165, 1.54) is 4.90 Å². The third-order valence-electron chi connectivity index (χ3n) is 1.62. The highest BCUT2D eigenvalue weighted by molar-refractivity contribution is 5.82. The summed E-state index contributed by atoms with van der Waals surface area (Å²) in [7, 11) is 3.13. The highest BCUT2D eigenvalue weighted by atomic mass is 16.4. The Morgan fingerprint density at radius 1 is 1.31 bits per heavy atom. The van der Waals surface area contributed by atoms with Crippen molar-refractivity contribution in [2.24, 2.45) is 5.92 Å². The first-order chi connectivity index (χ1) is 5.86. The molecule has 0 saturated heterocycles. The lowest BCUT2D eigenvalue weighted by Gasteiger charge is -2.20. The van der Waals surface area contributed by atoms with E-state index in [1.54, 1.807) is 27.9 Å². The van der Waals surface area contributed by atoms with Crippen LogP contribution in [0.4, 0.5) is 4.79 Å². The number of hydrogen-bond acceptors (Lipinski definition) is 2. The van der Waals surface area contributed by atoms with Gasteiger partial charge in [-0.05, 0) is 5.92 Å². The molecule has 0 fully saturated rings. The molecule has 2 N–H and O–H groups in total. The number of urea groups is 1. The molecule has 2 amide bonds. The van der Waals surface area contributed by atoms with Gasteiger partial charge in [-0.3, -0.25) is 0 Å². The second-order valence-electron chi connectivity index (χ2n) is 3.40. The van der Waals surface area contributed by atoms with Gasteiger partial charge in [-0.15, -0.1) is 0 Å². The maximum Gasteiger partial charge on any atom is 0.326 e. The van der Waals surface area contributed by atoms with Gasteiger partial charge in [0.1, 0.15) is 6.04 Å². The van der Waals surface area contributed by atoms with Crippen LogP contribution in [0.2, 0.25) is 0 Å². The fraction of sp³-hybridized carbons (Fsp3) is 0.750. The van der Waals surface area contributed by atoms with E-state index in [2.05, 4.69) is 5.32 Å². The van der Waals surface area contributed by atoms with Crippen LogP contribution in [0, 0.1) is 5.92 Å². The SMILES string of the molecule is CC(C)[C@@H](NC(=O)N(C)C)C(=O)O. The molecule has 76 valence electrons. The highest BCUT2D eigenvalue weighted by Crippen LogP contribution is 2.01. The highest BCUT2D eigenvalue weighted by Gasteiger charge is 2.23. The van der Waals surface area contributed by atoms with Crippen LogP contribution in [-0.2, 0) is 4.79 Å². The number of aliphatic carboxylic acids is 1. The molecule has 0 aliphatic rings. The molecule has 0 aromatic carbocycles. The zero-order chi connectivity index (χ0) is 10.6. The zero-order valence-corrected chi connectivity index (χ0v) is 8.37. The predicted octanol–water partition coefficient (Wildman–Crippen LogP) is 0.367. The third kappa shape index (κ3) is 3.78. The molecule has 0 rings (SSSR count). The number of amides is 2. The lowest BCUT2D eigenvalue weighted by atomic mass is 10.1. The van der Waals surface area contributed by atoms with Crippen molar-refractivity contribution in [3.63, 3.8) is 0 Å². The smallest absolute Gasteiger partial charge is 0.326 e. The predicted molar refractivity (Wildman–Crippen MR) is 48.5 cm³/mol. The van der Waals surface area contributed by atoms with E-state index in [0.29, 0.717) is 0 Å². The summed E-state index contributed by atoms with van der Waals surface area (Å²) >= 11 is 0. The van der Waals surface area contributed by atoms with Crippen LogP contribution in [0.5, 0.6) is 0 Å². The summed E-state index contributed by atoms with van der Waals surface area (Å²) in [6, 6.07) is -1.21. The summed E-state index contributed by atoms with van der Waals surface area (Å²) < 4.78 is 0. The Bertz CT molecular complexity index is 202. The van der Waals surface area contributed by atoms with Crippen molar-refractivity contribution in [2.45, 2.75) is 19.9 Å². The van der Waals surface area contributed by atoms with E-state index in [-0.39, 0.29) is 11.9 Å². The second-order valence-corrected chi connectivity index (χ2v) is 3.40. The number of carbonyl (C=O) groups excluding carboxylic acids is 1. The lowest BCUT2D eigenvalue weighted by Crippen LogP contribution is -2.48. The Labute approximate surface area is 77.7 Å². The number of carbonyl (C=O) groups is 2. The molecule has 0 radical (unpaired) electrons. The molecule has 0 aromatic heterocycles. The van der Waals surface area contributed by atoms with E-state index in [9.17, 15) is 9.59 Å². The van der Waals surface area contributed by atoms with Gasteiger partial charge in [0.15, 0.2) is 0 Å². The first kappa shape index (κ1) is 11.7. The van der Waals surface area contributed by atoms with Crippen molar-refractivity contribution < 1.29 is 14.7 Å². The summed E-state index contributed by atoms with van der Waals surface area (Å²) in [6.45, 7) is 3.49. The summed E-state index contributed by atoms with van der Waals surface area (Å²) in [4.78, 5) is 23.1. The fourth-order valence-electron chi connectivity index (χ4n) is 0.776. The third-order valence-corrected chi connectivity index (χ3v) is 1.62. The minimum atomic E-state index is -1.01. The van der Waals surface area contributed by atoms with Crippen LogP contribution < -0.4 is 5.32 Å². The molecule has 1 atom stereocenters. The molecule has 5 heteroatoms. The van der Waals surface area contributed by atoms with Gasteiger partial charge in [-0.1, -0.05) is 13.8 Å². The van der Waals surface area contributed by atoms with E-state index >= 15 is 0 Å². The normalized spacial score (nSPS) is 12.4. The largest absolute Gasteiger partial charge is 0.480 e. The molecule has 5 nitrogen and oxygen atoms in total. The molecule has 0 spiro atoms. The number of nitrogens with one attached hydrogen (secondary N) is 1. The van der Waals surface area contributed by atoms with Crippen LogP contribution in [0.25, 0.3) is 0 Å². The van der Waals surface area contributed by atoms with Crippen molar-refractivity contribution >= 4 is 12.0 Å². The summed E-state index contributed by atoms with van der Waals surface area (Å²) in [5, 5.41) is 11.1. The average molecular weight is 188 g/mol. The van der Waals surface area contributed by atoms with Crippen LogP contribution in [-0.4, -0.2) is 42.1 Å². The molecule has 0 aliphatic carbocycles. The zero-order valence-electron chi connectivity index (χ0n) is 8.37. The minimum absolute atomic E-state index is 0.124. The van der Waals surface area contributed by atoms with Gasteiger partial charge in [0.05, 0.1) is 0 Å². The molecule has 13 heavy (non-hydrogen) atoms. The number of carboxylic acids is 1. The Hall–Kier alpha value is -1.26. The van der Waals surface area contributed by atoms with Crippen molar-refractivity contribution in [3.05, 3.63) is 0 Å².